The Bertz CT molecular complexity index is 450. The molecule has 5 nitrogen and oxygen atoms in total. The van der Waals surface area contributed by atoms with Gasteiger partial charge in [-0.1, -0.05) is 24.4 Å². The van der Waals surface area contributed by atoms with Gasteiger partial charge in [-0.15, -0.1) is 0 Å². The van der Waals surface area contributed by atoms with E-state index in [1.165, 1.54) is 25.7 Å². The Morgan fingerprint density at radius 3 is 2.57 bits per heavy atom. The second-order valence-corrected chi connectivity index (χ2v) is 6.46. The Kier molecular flexibility index (Phi) is 4.80. The summed E-state index contributed by atoms with van der Waals surface area (Å²) in [5.74, 6) is 1.74. The number of anilines is 2. The normalized spacial score (nSPS) is 21.1. The molecule has 21 heavy (non-hydrogen) atoms. The summed E-state index contributed by atoms with van der Waals surface area (Å²) in [7, 11) is 0. The molecule has 1 saturated carbocycles. The van der Waals surface area contributed by atoms with Crippen LogP contribution in [0, 0.1) is 5.92 Å². The minimum atomic E-state index is 0.240. The van der Waals surface area contributed by atoms with Crippen molar-refractivity contribution >= 4 is 23.4 Å². The van der Waals surface area contributed by atoms with Crippen molar-refractivity contribution in [1.29, 1.82) is 0 Å². The second kappa shape index (κ2) is 6.79. The predicted octanol–water partition coefficient (Wildman–Crippen LogP) is 2.89. The van der Waals surface area contributed by atoms with Crippen LogP contribution in [0.1, 0.15) is 38.5 Å². The molecule has 1 aromatic heterocycles. The van der Waals surface area contributed by atoms with Crippen molar-refractivity contribution in [3.05, 3.63) is 11.2 Å². The highest BCUT2D eigenvalue weighted by Gasteiger charge is 2.23. The summed E-state index contributed by atoms with van der Waals surface area (Å²) in [5, 5.41) is 0.407. The first-order valence-corrected chi connectivity index (χ1v) is 8.25. The molecular weight excluding hydrogens is 288 g/mol. The molecule has 0 unspecified atom stereocenters. The smallest absolute Gasteiger partial charge is 0.223 e. The van der Waals surface area contributed by atoms with E-state index >= 15 is 0 Å². The van der Waals surface area contributed by atoms with Crippen molar-refractivity contribution in [3.63, 3.8) is 0 Å². The van der Waals surface area contributed by atoms with Gasteiger partial charge in [-0.25, -0.2) is 4.98 Å². The monoisotopic (exact) mass is 310 g/mol. The topological polar surface area (TPSA) is 64.3 Å². The van der Waals surface area contributed by atoms with Gasteiger partial charge in [0.1, 0.15) is 11.0 Å². The summed E-state index contributed by atoms with van der Waals surface area (Å²) in [6, 6.07) is 1.78. The van der Waals surface area contributed by atoms with Crippen molar-refractivity contribution < 1.29 is 4.74 Å². The molecule has 2 aliphatic rings. The molecule has 3 rings (SSSR count). The third kappa shape index (κ3) is 3.98. The van der Waals surface area contributed by atoms with Gasteiger partial charge in [-0.3, -0.25) is 0 Å². The molecule has 1 aromatic rings. The van der Waals surface area contributed by atoms with Crippen molar-refractivity contribution in [2.24, 2.45) is 5.92 Å². The summed E-state index contributed by atoms with van der Waals surface area (Å²) in [6.07, 6.45) is 7.94. The third-order valence-corrected chi connectivity index (χ3v) is 4.70. The van der Waals surface area contributed by atoms with Gasteiger partial charge < -0.3 is 15.4 Å². The number of rotatable bonds is 4. The van der Waals surface area contributed by atoms with Crippen LogP contribution >= 0.6 is 11.6 Å². The van der Waals surface area contributed by atoms with Crippen molar-refractivity contribution in [3.8, 4) is 0 Å². The zero-order chi connectivity index (χ0) is 14.7. The van der Waals surface area contributed by atoms with Crippen LogP contribution < -0.4 is 10.6 Å². The SMILES string of the molecule is Nc1nc(Cl)cc(N2CCC(COC3CCCC3)CC2)n1. The summed E-state index contributed by atoms with van der Waals surface area (Å²) in [6.45, 7) is 2.86. The maximum atomic E-state index is 6.04. The highest BCUT2D eigenvalue weighted by atomic mass is 35.5. The Morgan fingerprint density at radius 1 is 1.19 bits per heavy atom. The number of hydrogen-bond acceptors (Lipinski definition) is 5. The highest BCUT2D eigenvalue weighted by Crippen LogP contribution is 2.26. The number of nitrogens with zero attached hydrogens (tertiary/aromatic N) is 3. The number of ether oxygens (including phenoxy) is 1. The van der Waals surface area contributed by atoms with E-state index in [1.54, 1.807) is 6.07 Å². The number of halogens is 1. The van der Waals surface area contributed by atoms with Crippen LogP contribution in [-0.4, -0.2) is 35.8 Å². The summed E-state index contributed by atoms with van der Waals surface area (Å²) >= 11 is 5.94. The van der Waals surface area contributed by atoms with Crippen LogP contribution in [0.2, 0.25) is 5.15 Å². The molecule has 0 aromatic carbocycles. The van der Waals surface area contributed by atoms with E-state index < -0.39 is 0 Å². The Morgan fingerprint density at radius 2 is 1.90 bits per heavy atom. The summed E-state index contributed by atoms with van der Waals surface area (Å²) < 4.78 is 6.04. The van der Waals surface area contributed by atoms with Gasteiger partial charge in [0.25, 0.3) is 0 Å². The molecule has 1 saturated heterocycles. The van der Waals surface area contributed by atoms with E-state index in [-0.39, 0.29) is 5.95 Å². The molecule has 1 aliphatic carbocycles. The molecule has 0 amide bonds. The molecule has 6 heteroatoms. The Balaban J connectivity index is 1.48. The molecule has 2 fully saturated rings. The molecular formula is C15H23ClN4O. The fraction of sp³-hybridized carbons (Fsp3) is 0.733. The fourth-order valence-corrected chi connectivity index (χ4v) is 3.42. The van der Waals surface area contributed by atoms with Crippen LogP contribution in [0.5, 0.6) is 0 Å². The van der Waals surface area contributed by atoms with Crippen LogP contribution in [0.25, 0.3) is 0 Å². The largest absolute Gasteiger partial charge is 0.378 e. The van der Waals surface area contributed by atoms with Crippen LogP contribution in [0.15, 0.2) is 6.07 Å². The molecule has 2 N–H and O–H groups in total. The predicted molar refractivity (Wildman–Crippen MR) is 84.6 cm³/mol. The average molecular weight is 311 g/mol. The van der Waals surface area contributed by atoms with E-state index in [0.29, 0.717) is 17.2 Å². The molecule has 116 valence electrons. The first-order valence-electron chi connectivity index (χ1n) is 7.87. The van der Waals surface area contributed by atoms with Gasteiger partial charge in [0, 0.05) is 25.8 Å². The lowest BCUT2D eigenvalue weighted by atomic mass is 9.98. The Hall–Kier alpha value is -1.07. The third-order valence-electron chi connectivity index (χ3n) is 4.51. The van der Waals surface area contributed by atoms with Gasteiger partial charge in [0.15, 0.2) is 0 Å². The zero-order valence-electron chi connectivity index (χ0n) is 12.3. The Labute approximate surface area is 130 Å². The number of nitrogens with two attached hydrogens (primary N) is 1. The van der Waals surface area contributed by atoms with Crippen LogP contribution in [-0.2, 0) is 4.74 Å². The lowest BCUT2D eigenvalue weighted by Crippen LogP contribution is -2.36. The number of piperidine rings is 1. The van der Waals surface area contributed by atoms with Crippen molar-refractivity contribution in [2.75, 3.05) is 30.3 Å². The van der Waals surface area contributed by atoms with Crippen molar-refractivity contribution in [2.45, 2.75) is 44.6 Å². The minimum Gasteiger partial charge on any atom is -0.378 e. The number of hydrogen-bond donors (Lipinski definition) is 1. The summed E-state index contributed by atoms with van der Waals surface area (Å²) in [4.78, 5) is 10.4. The van der Waals surface area contributed by atoms with Gasteiger partial charge in [-0.05, 0) is 31.6 Å². The number of aromatic nitrogens is 2. The average Bonchev–Trinajstić information content (AvgIpc) is 2.98. The molecule has 1 aliphatic heterocycles. The standard InChI is InChI=1S/C15H23ClN4O/c16-13-9-14(19-15(17)18-13)20-7-5-11(6-8-20)10-21-12-3-1-2-4-12/h9,11-12H,1-8,10H2,(H2,17,18,19). The maximum absolute atomic E-state index is 6.04. The van der Waals surface area contributed by atoms with E-state index in [9.17, 15) is 0 Å². The van der Waals surface area contributed by atoms with Gasteiger partial charge >= 0.3 is 0 Å². The van der Waals surface area contributed by atoms with Gasteiger partial charge in [0.05, 0.1) is 6.10 Å². The van der Waals surface area contributed by atoms with E-state index in [4.69, 9.17) is 22.1 Å². The molecule has 0 atom stereocenters. The quantitative estimate of drug-likeness (QED) is 0.866. The number of nitrogen functional groups attached to an aromatic ring is 1. The minimum absolute atomic E-state index is 0.240. The highest BCUT2D eigenvalue weighted by molar-refractivity contribution is 6.29. The summed E-state index contributed by atoms with van der Waals surface area (Å²) in [5.41, 5.74) is 5.66. The lowest BCUT2D eigenvalue weighted by Gasteiger charge is -2.33. The van der Waals surface area contributed by atoms with E-state index in [2.05, 4.69) is 14.9 Å². The molecule has 0 spiro atoms. The first-order chi connectivity index (χ1) is 10.2. The molecule has 2 heterocycles. The van der Waals surface area contributed by atoms with Crippen molar-refractivity contribution in [1.82, 2.24) is 9.97 Å². The molecule has 0 bridgehead atoms. The molecule has 0 radical (unpaired) electrons. The van der Waals surface area contributed by atoms with E-state index in [0.717, 1.165) is 38.4 Å². The van der Waals surface area contributed by atoms with E-state index in [1.807, 2.05) is 0 Å². The fourth-order valence-electron chi connectivity index (χ4n) is 3.24. The van der Waals surface area contributed by atoms with Gasteiger partial charge in [0.2, 0.25) is 5.95 Å². The maximum Gasteiger partial charge on any atom is 0.223 e. The first kappa shape index (κ1) is 14.9. The van der Waals surface area contributed by atoms with Crippen LogP contribution in [0.4, 0.5) is 11.8 Å². The van der Waals surface area contributed by atoms with Gasteiger partial charge in [-0.2, -0.15) is 4.98 Å². The zero-order valence-corrected chi connectivity index (χ0v) is 13.1. The van der Waals surface area contributed by atoms with Crippen LogP contribution in [0.3, 0.4) is 0 Å². The lowest BCUT2D eigenvalue weighted by molar-refractivity contribution is 0.0280. The second-order valence-electron chi connectivity index (χ2n) is 6.08.